The lowest BCUT2D eigenvalue weighted by molar-refractivity contribution is -0.139. The van der Waals surface area contributed by atoms with E-state index >= 15 is 0 Å². The molecule has 4 rings (SSSR count). The van der Waals surface area contributed by atoms with Crippen molar-refractivity contribution in [3.63, 3.8) is 0 Å². The maximum atomic E-state index is 11.0. The molecule has 0 saturated heterocycles. The van der Waals surface area contributed by atoms with Gasteiger partial charge in [-0.25, -0.2) is 4.98 Å². The van der Waals surface area contributed by atoms with Gasteiger partial charge in [0.2, 0.25) is 5.13 Å². The first kappa shape index (κ1) is 14.4. The molecule has 6 nitrogen and oxygen atoms in total. The van der Waals surface area contributed by atoms with Crippen molar-refractivity contribution in [1.82, 2.24) is 14.3 Å². The number of aromatic nitrogens is 2. The van der Waals surface area contributed by atoms with Gasteiger partial charge in [-0.1, -0.05) is 0 Å². The summed E-state index contributed by atoms with van der Waals surface area (Å²) in [7, 11) is 0. The Kier molecular flexibility index (Phi) is 3.78. The number of carboxylic acid groups (broad SMARTS) is 1. The number of carboxylic acids is 1. The molecule has 0 atom stereocenters. The van der Waals surface area contributed by atoms with Crippen LogP contribution >= 0.6 is 11.5 Å². The van der Waals surface area contributed by atoms with Gasteiger partial charge in [-0.3, -0.25) is 9.69 Å². The van der Waals surface area contributed by atoms with E-state index in [-0.39, 0.29) is 6.54 Å². The number of carbonyl (C=O) groups is 1. The van der Waals surface area contributed by atoms with E-state index < -0.39 is 5.97 Å². The second-order valence-corrected chi connectivity index (χ2v) is 7.72. The normalized spacial score (nSPS) is 27.7. The smallest absolute Gasteiger partial charge is 0.317 e. The molecule has 0 unspecified atom stereocenters. The number of rotatable bonds is 8. The summed E-state index contributed by atoms with van der Waals surface area (Å²) < 4.78 is 4.41. The van der Waals surface area contributed by atoms with Crippen molar-refractivity contribution in [3.05, 3.63) is 5.82 Å². The van der Waals surface area contributed by atoms with Crippen LogP contribution in [0.5, 0.6) is 0 Å². The highest BCUT2D eigenvalue weighted by molar-refractivity contribution is 7.09. The molecule has 22 heavy (non-hydrogen) atoms. The van der Waals surface area contributed by atoms with Crippen LogP contribution in [-0.2, 0) is 4.79 Å². The maximum Gasteiger partial charge on any atom is 0.317 e. The molecule has 3 aliphatic rings. The van der Waals surface area contributed by atoms with E-state index in [2.05, 4.69) is 19.6 Å². The monoisotopic (exact) mass is 322 g/mol. The Balaban J connectivity index is 1.26. The second kappa shape index (κ2) is 5.77. The van der Waals surface area contributed by atoms with Crippen LogP contribution in [0.4, 0.5) is 5.13 Å². The van der Waals surface area contributed by atoms with E-state index in [1.165, 1.54) is 37.2 Å². The predicted octanol–water partition coefficient (Wildman–Crippen LogP) is 2.15. The molecule has 3 saturated carbocycles. The Morgan fingerprint density at radius 3 is 2.73 bits per heavy atom. The van der Waals surface area contributed by atoms with Gasteiger partial charge in [0, 0.05) is 36.1 Å². The van der Waals surface area contributed by atoms with Crippen molar-refractivity contribution in [1.29, 1.82) is 0 Å². The van der Waals surface area contributed by atoms with Crippen LogP contribution in [-0.4, -0.2) is 50.5 Å². The lowest BCUT2D eigenvalue weighted by Crippen LogP contribution is -2.52. The van der Waals surface area contributed by atoms with Gasteiger partial charge in [0.25, 0.3) is 0 Å². The van der Waals surface area contributed by atoms with Crippen LogP contribution in [0.15, 0.2) is 0 Å². The van der Waals surface area contributed by atoms with Crippen LogP contribution in [0.25, 0.3) is 0 Å². The molecule has 1 aromatic rings. The zero-order valence-electron chi connectivity index (χ0n) is 12.6. The van der Waals surface area contributed by atoms with E-state index in [4.69, 9.17) is 5.11 Å². The Morgan fingerprint density at radius 1 is 1.32 bits per heavy atom. The summed E-state index contributed by atoms with van der Waals surface area (Å²) in [5.41, 5.74) is 0. The van der Waals surface area contributed by atoms with Gasteiger partial charge in [0.15, 0.2) is 0 Å². The molecule has 7 heteroatoms. The Hall–Kier alpha value is -1.21. The van der Waals surface area contributed by atoms with E-state index in [1.54, 1.807) is 0 Å². The van der Waals surface area contributed by atoms with Gasteiger partial charge in [-0.2, -0.15) is 4.37 Å². The first-order valence-corrected chi connectivity index (χ1v) is 9.00. The summed E-state index contributed by atoms with van der Waals surface area (Å²) in [6.45, 7) is 1.13. The lowest BCUT2D eigenvalue weighted by atomic mass is 9.85. The van der Waals surface area contributed by atoms with Gasteiger partial charge in [0.1, 0.15) is 5.82 Å². The first-order chi connectivity index (χ1) is 10.7. The van der Waals surface area contributed by atoms with Crippen molar-refractivity contribution < 1.29 is 9.90 Å². The minimum absolute atomic E-state index is 0.179. The van der Waals surface area contributed by atoms with Crippen molar-refractivity contribution in [2.45, 2.75) is 56.5 Å². The number of hydrogen-bond donors (Lipinski definition) is 2. The molecule has 0 aromatic carbocycles. The zero-order chi connectivity index (χ0) is 15.1. The first-order valence-electron chi connectivity index (χ1n) is 8.23. The molecular formula is C15H22N4O2S. The summed E-state index contributed by atoms with van der Waals surface area (Å²) in [5.74, 6) is 1.63. The molecule has 0 amide bonds. The summed E-state index contributed by atoms with van der Waals surface area (Å²) in [4.78, 5) is 17.7. The van der Waals surface area contributed by atoms with Gasteiger partial charge < -0.3 is 10.4 Å². The molecule has 1 heterocycles. The molecule has 0 bridgehead atoms. The van der Waals surface area contributed by atoms with Gasteiger partial charge in [-0.15, -0.1) is 0 Å². The summed E-state index contributed by atoms with van der Waals surface area (Å²) in [6, 6.07) is 0.825. The minimum atomic E-state index is -0.713. The molecule has 1 aromatic heterocycles. The molecule has 0 spiro atoms. The van der Waals surface area contributed by atoms with Crippen LogP contribution in [0, 0.1) is 5.92 Å². The van der Waals surface area contributed by atoms with Crippen molar-refractivity contribution in [2.24, 2.45) is 5.92 Å². The molecule has 0 aliphatic heterocycles. The number of nitrogens with one attached hydrogen (secondary N) is 1. The van der Waals surface area contributed by atoms with E-state index in [1.807, 2.05) is 0 Å². The second-order valence-electron chi connectivity index (χ2n) is 6.97. The van der Waals surface area contributed by atoms with Crippen LogP contribution < -0.4 is 5.32 Å². The molecule has 3 fully saturated rings. The summed E-state index contributed by atoms with van der Waals surface area (Å²) in [5, 5.41) is 13.5. The highest BCUT2D eigenvalue weighted by atomic mass is 32.1. The van der Waals surface area contributed by atoms with Gasteiger partial charge in [0.05, 0.1) is 6.54 Å². The van der Waals surface area contributed by atoms with Crippen LogP contribution in [0.1, 0.15) is 50.3 Å². The van der Waals surface area contributed by atoms with E-state index in [9.17, 15) is 4.79 Å². The number of hydrogen-bond acceptors (Lipinski definition) is 6. The van der Waals surface area contributed by atoms with Crippen molar-refractivity contribution >= 4 is 22.6 Å². The highest BCUT2D eigenvalue weighted by Crippen LogP contribution is 2.40. The fraction of sp³-hybridized carbons (Fsp3) is 0.800. The van der Waals surface area contributed by atoms with Crippen molar-refractivity contribution in [3.8, 4) is 0 Å². The van der Waals surface area contributed by atoms with Crippen LogP contribution in [0.2, 0.25) is 0 Å². The quantitative estimate of drug-likeness (QED) is 0.763. The Bertz CT molecular complexity index is 549. The van der Waals surface area contributed by atoms with E-state index in [0.29, 0.717) is 18.0 Å². The SMILES string of the molecule is O=C(O)CN(CC1CC1)C1CC(Nc2nc(C3CC3)ns2)C1. The fourth-order valence-corrected chi connectivity index (χ4v) is 3.85. The zero-order valence-corrected chi connectivity index (χ0v) is 13.4. The third-order valence-electron chi connectivity index (χ3n) is 4.87. The third kappa shape index (κ3) is 3.41. The molecule has 2 N–H and O–H groups in total. The number of aliphatic carboxylic acids is 1. The number of anilines is 1. The standard InChI is InChI=1S/C15H22N4O2S/c20-13(21)8-19(7-9-1-2-9)12-5-11(6-12)16-15-17-14(18-22-15)10-3-4-10/h9-12H,1-8H2,(H,20,21)(H,16,17,18). The maximum absolute atomic E-state index is 11.0. The molecule has 0 radical (unpaired) electrons. The average molecular weight is 322 g/mol. The van der Waals surface area contributed by atoms with Crippen molar-refractivity contribution in [2.75, 3.05) is 18.4 Å². The van der Waals surface area contributed by atoms with Gasteiger partial charge in [-0.05, 0) is 44.4 Å². The Morgan fingerprint density at radius 2 is 2.09 bits per heavy atom. The van der Waals surface area contributed by atoms with Gasteiger partial charge >= 0.3 is 5.97 Å². The Labute approximate surface area is 134 Å². The highest BCUT2D eigenvalue weighted by Gasteiger charge is 2.37. The minimum Gasteiger partial charge on any atom is -0.480 e. The topological polar surface area (TPSA) is 78.4 Å². The summed E-state index contributed by atoms with van der Waals surface area (Å²) in [6.07, 6.45) is 7.01. The fourth-order valence-electron chi connectivity index (χ4n) is 3.13. The third-order valence-corrected chi connectivity index (χ3v) is 5.53. The summed E-state index contributed by atoms with van der Waals surface area (Å²) >= 11 is 1.46. The predicted molar refractivity (Wildman–Crippen MR) is 84.2 cm³/mol. The molecule has 3 aliphatic carbocycles. The largest absolute Gasteiger partial charge is 0.480 e. The number of nitrogens with zero attached hydrogens (tertiary/aromatic N) is 3. The van der Waals surface area contributed by atoms with E-state index in [0.717, 1.165) is 36.3 Å². The molecule has 120 valence electrons. The average Bonchev–Trinajstić information content (AvgIpc) is 3.34. The van der Waals surface area contributed by atoms with Crippen LogP contribution in [0.3, 0.4) is 0 Å². The molecular weight excluding hydrogens is 300 g/mol. The lowest BCUT2D eigenvalue weighted by Gasteiger charge is -2.42.